The van der Waals surface area contributed by atoms with Crippen LogP contribution in [0.25, 0.3) is 0 Å². The minimum Gasteiger partial charge on any atom is -0.355 e. The van der Waals surface area contributed by atoms with Gasteiger partial charge in [-0.2, -0.15) is 0 Å². The molecule has 0 radical (unpaired) electrons. The standard InChI is InChI=1S/C13H19N5/c1-10-9-18(11-3-4-11)13(16-10)15-6-5-12-14-7-8-17(12)2/h7-9,11H,3-6H2,1-2H3,(H,15,16). The second-order valence-electron chi connectivity index (χ2n) is 4.98. The van der Waals surface area contributed by atoms with Crippen LogP contribution in [-0.2, 0) is 13.5 Å². The summed E-state index contributed by atoms with van der Waals surface area (Å²) in [5.41, 5.74) is 1.08. The zero-order valence-electron chi connectivity index (χ0n) is 10.9. The molecule has 1 aliphatic rings. The van der Waals surface area contributed by atoms with Gasteiger partial charge in [0.15, 0.2) is 0 Å². The van der Waals surface area contributed by atoms with Crippen LogP contribution in [0, 0.1) is 6.92 Å². The summed E-state index contributed by atoms with van der Waals surface area (Å²) in [7, 11) is 2.03. The van der Waals surface area contributed by atoms with Crippen molar-refractivity contribution in [2.24, 2.45) is 7.05 Å². The number of nitrogens with zero attached hydrogens (tertiary/aromatic N) is 4. The second-order valence-corrected chi connectivity index (χ2v) is 4.98. The van der Waals surface area contributed by atoms with Crippen LogP contribution in [0.2, 0.25) is 0 Å². The van der Waals surface area contributed by atoms with Gasteiger partial charge in [0.25, 0.3) is 0 Å². The third-order valence-corrected chi connectivity index (χ3v) is 3.35. The van der Waals surface area contributed by atoms with E-state index in [4.69, 9.17) is 0 Å². The number of hydrogen-bond acceptors (Lipinski definition) is 3. The van der Waals surface area contributed by atoms with Crippen LogP contribution >= 0.6 is 0 Å². The first kappa shape index (κ1) is 11.3. The summed E-state index contributed by atoms with van der Waals surface area (Å²) in [5.74, 6) is 2.10. The van der Waals surface area contributed by atoms with Crippen molar-refractivity contribution >= 4 is 5.95 Å². The van der Waals surface area contributed by atoms with Gasteiger partial charge in [-0.15, -0.1) is 0 Å². The van der Waals surface area contributed by atoms with Gasteiger partial charge in [-0.1, -0.05) is 0 Å². The summed E-state index contributed by atoms with van der Waals surface area (Å²) >= 11 is 0. The van der Waals surface area contributed by atoms with Gasteiger partial charge >= 0.3 is 0 Å². The Morgan fingerprint density at radius 1 is 1.44 bits per heavy atom. The van der Waals surface area contributed by atoms with E-state index in [-0.39, 0.29) is 0 Å². The molecule has 1 fully saturated rings. The molecule has 18 heavy (non-hydrogen) atoms. The topological polar surface area (TPSA) is 47.7 Å². The lowest BCUT2D eigenvalue weighted by Gasteiger charge is -2.08. The Bertz CT molecular complexity index is 535. The number of imidazole rings is 2. The molecule has 0 bridgehead atoms. The molecule has 96 valence electrons. The fourth-order valence-corrected chi connectivity index (χ4v) is 2.20. The van der Waals surface area contributed by atoms with Crippen molar-refractivity contribution in [3.05, 3.63) is 30.1 Å². The molecule has 1 aliphatic carbocycles. The molecule has 2 heterocycles. The van der Waals surface area contributed by atoms with Gasteiger partial charge < -0.3 is 14.5 Å². The lowest BCUT2D eigenvalue weighted by atomic mass is 10.4. The molecule has 0 aliphatic heterocycles. The summed E-state index contributed by atoms with van der Waals surface area (Å²) in [4.78, 5) is 8.86. The molecule has 5 heteroatoms. The van der Waals surface area contributed by atoms with Crippen LogP contribution in [0.4, 0.5) is 5.95 Å². The zero-order valence-corrected chi connectivity index (χ0v) is 10.9. The molecule has 0 saturated heterocycles. The van der Waals surface area contributed by atoms with Crippen LogP contribution in [0.5, 0.6) is 0 Å². The molecule has 0 spiro atoms. The number of rotatable bonds is 5. The van der Waals surface area contributed by atoms with Crippen LogP contribution in [0.15, 0.2) is 18.6 Å². The van der Waals surface area contributed by atoms with Crippen molar-refractivity contribution in [1.82, 2.24) is 19.1 Å². The monoisotopic (exact) mass is 245 g/mol. The van der Waals surface area contributed by atoms with Gasteiger partial charge in [-0.05, 0) is 19.8 Å². The highest BCUT2D eigenvalue weighted by Gasteiger charge is 2.26. The van der Waals surface area contributed by atoms with Gasteiger partial charge in [0.05, 0.1) is 5.69 Å². The maximum absolute atomic E-state index is 4.54. The van der Waals surface area contributed by atoms with E-state index in [2.05, 4.69) is 30.6 Å². The molecule has 1 N–H and O–H groups in total. The first-order valence-corrected chi connectivity index (χ1v) is 6.49. The Morgan fingerprint density at radius 3 is 2.94 bits per heavy atom. The lowest BCUT2D eigenvalue weighted by molar-refractivity contribution is 0.734. The highest BCUT2D eigenvalue weighted by Crippen LogP contribution is 2.37. The summed E-state index contributed by atoms with van der Waals surface area (Å²) in [6.45, 7) is 2.91. The van der Waals surface area contributed by atoms with E-state index in [9.17, 15) is 0 Å². The maximum atomic E-state index is 4.54. The van der Waals surface area contributed by atoms with E-state index < -0.39 is 0 Å². The van der Waals surface area contributed by atoms with E-state index in [1.165, 1.54) is 12.8 Å². The van der Waals surface area contributed by atoms with Crippen molar-refractivity contribution in [3.63, 3.8) is 0 Å². The van der Waals surface area contributed by atoms with E-state index in [1.54, 1.807) is 0 Å². The number of aromatic nitrogens is 4. The molecule has 0 atom stereocenters. The Morgan fingerprint density at radius 2 is 2.28 bits per heavy atom. The fourth-order valence-electron chi connectivity index (χ4n) is 2.20. The van der Waals surface area contributed by atoms with E-state index in [0.717, 1.165) is 30.4 Å². The molecule has 3 rings (SSSR count). The highest BCUT2D eigenvalue weighted by atomic mass is 15.2. The van der Waals surface area contributed by atoms with E-state index >= 15 is 0 Å². The van der Waals surface area contributed by atoms with Crippen molar-refractivity contribution in [2.75, 3.05) is 11.9 Å². The minimum atomic E-state index is 0.668. The fraction of sp³-hybridized carbons (Fsp3) is 0.538. The molecular formula is C13H19N5. The van der Waals surface area contributed by atoms with Crippen molar-refractivity contribution in [2.45, 2.75) is 32.2 Å². The average Bonchev–Trinajstić information content (AvgIpc) is 3.01. The quantitative estimate of drug-likeness (QED) is 0.875. The molecule has 1 saturated carbocycles. The molecule has 0 amide bonds. The molecule has 2 aromatic rings. The third-order valence-electron chi connectivity index (χ3n) is 3.35. The second kappa shape index (κ2) is 4.48. The van der Waals surface area contributed by atoms with Gasteiger partial charge in [0.1, 0.15) is 5.82 Å². The first-order chi connectivity index (χ1) is 8.74. The average molecular weight is 245 g/mol. The summed E-state index contributed by atoms with van der Waals surface area (Å²) in [5, 5.41) is 3.42. The number of aryl methyl sites for hydroxylation is 2. The zero-order chi connectivity index (χ0) is 12.5. The first-order valence-electron chi connectivity index (χ1n) is 6.49. The Hall–Kier alpha value is -1.78. The van der Waals surface area contributed by atoms with Crippen molar-refractivity contribution < 1.29 is 0 Å². The van der Waals surface area contributed by atoms with Crippen molar-refractivity contribution in [1.29, 1.82) is 0 Å². The Kier molecular flexibility index (Phi) is 2.81. The van der Waals surface area contributed by atoms with Gasteiger partial charge in [-0.25, -0.2) is 9.97 Å². The SMILES string of the molecule is Cc1cn(C2CC2)c(NCCc2nccn2C)n1. The Labute approximate surface area is 107 Å². The van der Waals surface area contributed by atoms with Crippen LogP contribution in [0.3, 0.4) is 0 Å². The number of hydrogen-bond donors (Lipinski definition) is 1. The summed E-state index contributed by atoms with van der Waals surface area (Å²) in [6.07, 6.45) is 9.43. The number of nitrogens with one attached hydrogen (secondary N) is 1. The maximum Gasteiger partial charge on any atom is 0.203 e. The minimum absolute atomic E-state index is 0.668. The predicted octanol–water partition coefficient (Wildman–Crippen LogP) is 1.91. The van der Waals surface area contributed by atoms with Crippen LogP contribution in [0.1, 0.15) is 30.4 Å². The number of anilines is 1. The van der Waals surface area contributed by atoms with Crippen LogP contribution < -0.4 is 5.32 Å². The van der Waals surface area contributed by atoms with Gasteiger partial charge in [0.2, 0.25) is 5.95 Å². The summed E-state index contributed by atoms with van der Waals surface area (Å²) < 4.78 is 4.33. The molecule has 5 nitrogen and oxygen atoms in total. The van der Waals surface area contributed by atoms with E-state index in [0.29, 0.717) is 6.04 Å². The third kappa shape index (κ3) is 2.25. The van der Waals surface area contributed by atoms with Gasteiger partial charge in [0, 0.05) is 44.6 Å². The smallest absolute Gasteiger partial charge is 0.203 e. The molecule has 0 aromatic carbocycles. The predicted molar refractivity (Wildman–Crippen MR) is 70.6 cm³/mol. The molecule has 2 aromatic heterocycles. The highest BCUT2D eigenvalue weighted by molar-refractivity contribution is 5.30. The van der Waals surface area contributed by atoms with Crippen LogP contribution in [-0.4, -0.2) is 25.6 Å². The molecular weight excluding hydrogens is 226 g/mol. The van der Waals surface area contributed by atoms with Crippen molar-refractivity contribution in [3.8, 4) is 0 Å². The lowest BCUT2D eigenvalue weighted by Crippen LogP contribution is -2.12. The van der Waals surface area contributed by atoms with Gasteiger partial charge in [-0.3, -0.25) is 0 Å². The summed E-state index contributed by atoms with van der Waals surface area (Å²) in [6, 6.07) is 0.668. The molecule has 0 unspecified atom stereocenters. The normalized spacial score (nSPS) is 15.0. The Balaban J connectivity index is 1.61. The van der Waals surface area contributed by atoms with E-state index in [1.807, 2.05) is 26.4 Å². The largest absolute Gasteiger partial charge is 0.355 e.